The number of nitrogens with one attached hydrogen (secondary N) is 1. The van der Waals surface area contributed by atoms with Crippen LogP contribution in [-0.4, -0.2) is 29.3 Å². The quantitative estimate of drug-likeness (QED) is 0.711. The second-order valence-corrected chi connectivity index (χ2v) is 5.23. The van der Waals surface area contributed by atoms with Crippen LogP contribution in [0.4, 0.5) is 4.79 Å². The summed E-state index contributed by atoms with van der Waals surface area (Å²) in [5.41, 5.74) is 10.4. The number of benzene rings is 1. The van der Waals surface area contributed by atoms with E-state index in [-0.39, 0.29) is 13.2 Å². The molecule has 4 N–H and O–H groups in total. The summed E-state index contributed by atoms with van der Waals surface area (Å²) in [7, 11) is 0. The van der Waals surface area contributed by atoms with E-state index in [9.17, 15) is 4.79 Å². The third-order valence-corrected chi connectivity index (χ3v) is 3.91. The Morgan fingerprint density at radius 1 is 1.52 bits per heavy atom. The second-order valence-electron chi connectivity index (χ2n) is 4.37. The Hall–Kier alpha value is -2.12. The van der Waals surface area contributed by atoms with Gasteiger partial charge in [0, 0.05) is 12.1 Å². The van der Waals surface area contributed by atoms with Crippen molar-refractivity contribution < 1.29 is 14.6 Å². The normalized spacial score (nSPS) is 10.4. The molecule has 6 nitrogen and oxygen atoms in total. The lowest BCUT2D eigenvalue weighted by Gasteiger charge is -2.12. The number of hydrogen-bond donors (Lipinski definition) is 3. The fraction of sp³-hybridized carbons (Fsp3) is 0.286. The number of carboxylic acid groups (broad SMARTS) is 1. The van der Waals surface area contributed by atoms with Crippen LogP contribution in [0.25, 0.3) is 10.4 Å². The van der Waals surface area contributed by atoms with Gasteiger partial charge < -0.3 is 20.9 Å². The van der Waals surface area contributed by atoms with Crippen LogP contribution >= 0.6 is 11.3 Å². The van der Waals surface area contributed by atoms with Crippen molar-refractivity contribution in [2.45, 2.75) is 13.5 Å². The first-order chi connectivity index (χ1) is 10.1. The minimum Gasteiger partial charge on any atom is -0.491 e. The molecule has 0 aliphatic carbocycles. The number of thiazole rings is 1. The molecule has 0 aliphatic heterocycles. The number of aryl methyl sites for hydroxylation is 1. The molecule has 1 heterocycles. The molecule has 2 aromatic rings. The molecule has 0 fully saturated rings. The van der Waals surface area contributed by atoms with E-state index in [1.54, 1.807) is 16.8 Å². The summed E-state index contributed by atoms with van der Waals surface area (Å²) in [6.07, 6.45) is -1.06. The van der Waals surface area contributed by atoms with E-state index in [1.165, 1.54) is 0 Å². The zero-order valence-electron chi connectivity index (χ0n) is 11.6. The van der Waals surface area contributed by atoms with Crippen LogP contribution in [0.2, 0.25) is 0 Å². The lowest BCUT2D eigenvalue weighted by atomic mass is 10.1. The molecule has 112 valence electrons. The highest BCUT2D eigenvalue weighted by Crippen LogP contribution is 2.31. The number of ether oxygens (including phenoxy) is 1. The number of nitrogens with two attached hydrogens (primary N) is 1. The van der Waals surface area contributed by atoms with Crippen LogP contribution < -0.4 is 15.8 Å². The molecule has 0 radical (unpaired) electrons. The maximum absolute atomic E-state index is 10.4. The first-order valence-corrected chi connectivity index (χ1v) is 7.33. The Morgan fingerprint density at radius 3 is 2.95 bits per heavy atom. The number of carbonyl (C=O) groups is 1. The van der Waals surface area contributed by atoms with Crippen LogP contribution in [0.3, 0.4) is 0 Å². The fourth-order valence-electron chi connectivity index (χ4n) is 1.90. The number of rotatable bonds is 6. The van der Waals surface area contributed by atoms with Gasteiger partial charge in [-0.2, -0.15) is 0 Å². The van der Waals surface area contributed by atoms with Crippen LogP contribution in [0.1, 0.15) is 11.3 Å². The Balaban J connectivity index is 2.14. The Labute approximate surface area is 126 Å². The number of aromatic nitrogens is 1. The summed E-state index contributed by atoms with van der Waals surface area (Å²) in [4.78, 5) is 15.7. The summed E-state index contributed by atoms with van der Waals surface area (Å²) in [6.45, 7) is 2.80. The van der Waals surface area contributed by atoms with Crippen LogP contribution in [0.5, 0.6) is 5.75 Å². The van der Waals surface area contributed by atoms with E-state index in [0.717, 1.165) is 21.7 Å². The molecule has 1 aromatic carbocycles. The first kappa shape index (κ1) is 15.3. The third-order valence-electron chi connectivity index (χ3n) is 2.93. The van der Waals surface area contributed by atoms with Crippen molar-refractivity contribution >= 4 is 17.4 Å². The molecule has 1 amide bonds. The van der Waals surface area contributed by atoms with Gasteiger partial charge in [-0.25, -0.2) is 9.78 Å². The van der Waals surface area contributed by atoms with Gasteiger partial charge in [0.25, 0.3) is 0 Å². The number of hydrogen-bond acceptors (Lipinski definition) is 5. The zero-order valence-corrected chi connectivity index (χ0v) is 12.4. The summed E-state index contributed by atoms with van der Waals surface area (Å²) in [5, 5.41) is 10.8. The van der Waals surface area contributed by atoms with Gasteiger partial charge in [-0.3, -0.25) is 0 Å². The van der Waals surface area contributed by atoms with Crippen molar-refractivity contribution in [2.75, 3.05) is 13.2 Å². The predicted octanol–water partition coefficient (Wildman–Crippen LogP) is 2.22. The van der Waals surface area contributed by atoms with Crippen molar-refractivity contribution in [1.82, 2.24) is 10.3 Å². The summed E-state index contributed by atoms with van der Waals surface area (Å²) < 4.78 is 5.64. The van der Waals surface area contributed by atoms with E-state index < -0.39 is 6.09 Å². The van der Waals surface area contributed by atoms with Crippen LogP contribution in [-0.2, 0) is 6.54 Å². The summed E-state index contributed by atoms with van der Waals surface area (Å²) >= 11 is 1.57. The predicted molar refractivity (Wildman–Crippen MR) is 81.7 cm³/mol. The van der Waals surface area contributed by atoms with Gasteiger partial charge in [0.2, 0.25) is 0 Å². The molecular formula is C14H17N3O3S. The summed E-state index contributed by atoms with van der Waals surface area (Å²) in [6, 6.07) is 5.84. The molecule has 7 heteroatoms. The highest BCUT2D eigenvalue weighted by molar-refractivity contribution is 7.13. The lowest BCUT2D eigenvalue weighted by Crippen LogP contribution is -2.26. The van der Waals surface area contributed by atoms with Gasteiger partial charge in [0.1, 0.15) is 12.4 Å². The van der Waals surface area contributed by atoms with Gasteiger partial charge in [0.15, 0.2) is 0 Å². The van der Waals surface area contributed by atoms with Gasteiger partial charge in [-0.1, -0.05) is 12.1 Å². The number of nitrogens with zero attached hydrogens (tertiary/aromatic N) is 1. The molecule has 1 aromatic heterocycles. The molecule has 2 rings (SSSR count). The SMILES string of the molecule is Cc1ncsc1-c1ccc(CN)c(OCCNC(=O)O)c1. The van der Waals surface area contributed by atoms with Crippen molar-refractivity contribution in [3.05, 3.63) is 35.0 Å². The van der Waals surface area contributed by atoms with Crippen LogP contribution in [0.15, 0.2) is 23.7 Å². The van der Waals surface area contributed by atoms with Crippen molar-refractivity contribution in [1.29, 1.82) is 0 Å². The monoisotopic (exact) mass is 307 g/mol. The number of amides is 1. The fourth-order valence-corrected chi connectivity index (χ4v) is 2.70. The zero-order chi connectivity index (χ0) is 15.2. The van der Waals surface area contributed by atoms with E-state index in [1.807, 2.05) is 25.1 Å². The van der Waals surface area contributed by atoms with Crippen molar-refractivity contribution in [3.8, 4) is 16.2 Å². The highest BCUT2D eigenvalue weighted by atomic mass is 32.1. The van der Waals surface area contributed by atoms with E-state index in [2.05, 4.69) is 10.3 Å². The largest absolute Gasteiger partial charge is 0.491 e. The molecule has 0 aliphatic rings. The Morgan fingerprint density at radius 2 is 2.33 bits per heavy atom. The Bertz CT molecular complexity index is 628. The smallest absolute Gasteiger partial charge is 0.404 e. The van der Waals surface area contributed by atoms with Crippen LogP contribution in [0, 0.1) is 6.92 Å². The average Bonchev–Trinajstić information content (AvgIpc) is 2.89. The minimum absolute atomic E-state index is 0.225. The van der Waals surface area contributed by atoms with Gasteiger partial charge in [-0.05, 0) is 18.6 Å². The molecule has 0 atom stereocenters. The van der Waals surface area contributed by atoms with E-state index >= 15 is 0 Å². The second kappa shape index (κ2) is 7.05. The molecule has 0 spiro atoms. The lowest BCUT2D eigenvalue weighted by molar-refractivity contribution is 0.191. The van der Waals surface area contributed by atoms with E-state index in [4.69, 9.17) is 15.6 Å². The average molecular weight is 307 g/mol. The summed E-state index contributed by atoms with van der Waals surface area (Å²) in [5.74, 6) is 0.676. The molecule has 0 saturated heterocycles. The minimum atomic E-state index is -1.06. The maximum atomic E-state index is 10.4. The van der Waals surface area contributed by atoms with Crippen molar-refractivity contribution in [3.63, 3.8) is 0 Å². The molecule has 0 unspecified atom stereocenters. The molecular weight excluding hydrogens is 290 g/mol. The standard InChI is InChI=1S/C14H17N3O3S/c1-9-13(21-8-17-9)10-2-3-11(7-15)12(6-10)20-5-4-16-14(18)19/h2-3,6,8,16H,4-5,7,15H2,1H3,(H,18,19). The van der Waals surface area contributed by atoms with Gasteiger partial charge in [-0.15, -0.1) is 11.3 Å². The Kier molecular flexibility index (Phi) is 5.13. The third kappa shape index (κ3) is 3.93. The van der Waals surface area contributed by atoms with Gasteiger partial charge in [0.05, 0.1) is 22.6 Å². The molecule has 21 heavy (non-hydrogen) atoms. The molecule has 0 bridgehead atoms. The van der Waals surface area contributed by atoms with E-state index in [0.29, 0.717) is 12.3 Å². The maximum Gasteiger partial charge on any atom is 0.404 e. The molecule has 0 saturated carbocycles. The van der Waals surface area contributed by atoms with Crippen molar-refractivity contribution in [2.24, 2.45) is 5.73 Å². The van der Waals surface area contributed by atoms with Gasteiger partial charge >= 0.3 is 6.09 Å². The first-order valence-electron chi connectivity index (χ1n) is 6.45. The topological polar surface area (TPSA) is 97.5 Å². The highest BCUT2D eigenvalue weighted by Gasteiger charge is 2.09.